The molecule has 2 aliphatic heterocycles. The van der Waals surface area contributed by atoms with Gasteiger partial charge in [-0.25, -0.2) is 0 Å². The molecule has 2 saturated heterocycles. The van der Waals surface area contributed by atoms with Crippen LogP contribution in [0, 0.1) is 0 Å². The Labute approximate surface area is 201 Å². The van der Waals surface area contributed by atoms with Crippen molar-refractivity contribution in [2.45, 2.75) is 38.5 Å². The molecule has 174 valence electrons. The minimum atomic E-state index is 0.199. The van der Waals surface area contributed by atoms with Gasteiger partial charge in [-0.2, -0.15) is 0 Å². The van der Waals surface area contributed by atoms with Crippen molar-refractivity contribution in [3.8, 4) is 22.3 Å². The second-order valence-electron chi connectivity index (χ2n) is 10.2. The smallest absolute Gasteiger partial charge is 0.177 e. The van der Waals surface area contributed by atoms with Gasteiger partial charge in [-0.15, -0.1) is 0 Å². The van der Waals surface area contributed by atoms with Gasteiger partial charge in [0.2, 0.25) is 0 Å². The Balaban J connectivity index is 1.32. The number of likely N-dealkylation sites (tertiary alicyclic amines) is 2. The first-order chi connectivity index (χ1) is 16.7. The number of nitrogens with zero attached hydrogens (tertiary/aromatic N) is 2. The van der Waals surface area contributed by atoms with Gasteiger partial charge in [0.1, 0.15) is 0 Å². The van der Waals surface area contributed by atoms with Crippen LogP contribution in [0.4, 0.5) is 0 Å². The number of piperidine rings is 2. The van der Waals surface area contributed by atoms with Crippen LogP contribution in [-0.2, 0) is 0 Å². The van der Waals surface area contributed by atoms with Gasteiger partial charge < -0.3 is 0 Å². The maximum atomic E-state index is 13.3. The number of Topliss-reactive ketones (excluding diaryl/α,β-unsaturated/α-hetero) is 2. The van der Waals surface area contributed by atoms with E-state index in [2.05, 4.69) is 46.2 Å². The molecule has 0 spiro atoms. The Morgan fingerprint density at radius 3 is 1.94 bits per heavy atom. The van der Waals surface area contributed by atoms with Crippen molar-refractivity contribution in [3.63, 3.8) is 0 Å². The first-order valence-electron chi connectivity index (χ1n) is 12.9. The van der Waals surface area contributed by atoms with Crippen LogP contribution in [0.15, 0.2) is 48.5 Å². The van der Waals surface area contributed by atoms with E-state index in [1.54, 1.807) is 0 Å². The van der Waals surface area contributed by atoms with E-state index < -0.39 is 0 Å². The molecule has 0 amide bonds. The predicted octanol–water partition coefficient (Wildman–Crippen LogP) is 5.82. The summed E-state index contributed by atoms with van der Waals surface area (Å²) in [6.45, 7) is 5.09. The zero-order chi connectivity index (χ0) is 23.1. The summed E-state index contributed by atoms with van der Waals surface area (Å²) < 4.78 is 0. The van der Waals surface area contributed by atoms with Crippen molar-refractivity contribution in [3.05, 3.63) is 59.7 Å². The Kier molecular flexibility index (Phi) is 5.80. The molecule has 0 bridgehead atoms. The highest BCUT2D eigenvalue weighted by Crippen LogP contribution is 2.48. The van der Waals surface area contributed by atoms with Gasteiger partial charge in [0.05, 0.1) is 13.1 Å². The first kappa shape index (κ1) is 21.7. The normalized spacial score (nSPS) is 18.2. The molecule has 4 heteroatoms. The lowest BCUT2D eigenvalue weighted by Crippen LogP contribution is -2.34. The van der Waals surface area contributed by atoms with Crippen LogP contribution in [0.5, 0.6) is 0 Å². The zero-order valence-electron chi connectivity index (χ0n) is 19.8. The summed E-state index contributed by atoms with van der Waals surface area (Å²) in [6.07, 6.45) is 7.29. The van der Waals surface area contributed by atoms with Crippen molar-refractivity contribution in [2.75, 3.05) is 39.3 Å². The van der Waals surface area contributed by atoms with Gasteiger partial charge in [0.15, 0.2) is 11.6 Å². The molecule has 34 heavy (non-hydrogen) atoms. The molecule has 3 aliphatic rings. The van der Waals surface area contributed by atoms with Crippen LogP contribution in [0.25, 0.3) is 33.0 Å². The van der Waals surface area contributed by atoms with E-state index in [9.17, 15) is 9.59 Å². The fourth-order valence-corrected chi connectivity index (χ4v) is 6.09. The van der Waals surface area contributed by atoms with Gasteiger partial charge >= 0.3 is 0 Å². The summed E-state index contributed by atoms with van der Waals surface area (Å²) in [5, 5.41) is 2.19. The van der Waals surface area contributed by atoms with Crippen LogP contribution >= 0.6 is 0 Å². The highest BCUT2D eigenvalue weighted by atomic mass is 16.1. The van der Waals surface area contributed by atoms with E-state index in [0.29, 0.717) is 13.1 Å². The molecule has 0 radical (unpaired) electrons. The average molecular weight is 453 g/mol. The van der Waals surface area contributed by atoms with E-state index in [4.69, 9.17) is 0 Å². The SMILES string of the molecule is O=C(CN1CCCCC1)c1ccc2c(c1)-c1ccc(C(=O)CN3CCCCC3)c3cccc-2c13. The van der Waals surface area contributed by atoms with Gasteiger partial charge in [0.25, 0.3) is 0 Å². The number of hydrogen-bond donors (Lipinski definition) is 0. The van der Waals surface area contributed by atoms with Crippen LogP contribution < -0.4 is 0 Å². The molecule has 2 heterocycles. The third-order valence-corrected chi connectivity index (χ3v) is 7.89. The molecule has 3 aromatic rings. The molecule has 0 N–H and O–H groups in total. The number of fused-ring (bicyclic) bond motifs is 3. The number of hydrogen-bond acceptors (Lipinski definition) is 4. The molecule has 6 rings (SSSR count). The maximum Gasteiger partial charge on any atom is 0.177 e. The molecular formula is C30H32N2O2. The summed E-state index contributed by atoms with van der Waals surface area (Å²) in [5.74, 6) is 0.407. The summed E-state index contributed by atoms with van der Waals surface area (Å²) in [5.41, 5.74) is 6.20. The number of rotatable bonds is 6. The van der Waals surface area contributed by atoms with Crippen molar-refractivity contribution < 1.29 is 9.59 Å². The van der Waals surface area contributed by atoms with Gasteiger partial charge in [0, 0.05) is 11.1 Å². The van der Waals surface area contributed by atoms with Crippen LogP contribution in [0.1, 0.15) is 59.2 Å². The fourth-order valence-electron chi connectivity index (χ4n) is 6.09. The number of carbonyl (C=O) groups excluding carboxylic acids is 2. The Morgan fingerprint density at radius 2 is 1.24 bits per heavy atom. The lowest BCUT2D eigenvalue weighted by Gasteiger charge is -2.25. The predicted molar refractivity (Wildman–Crippen MR) is 138 cm³/mol. The number of benzene rings is 3. The molecular weight excluding hydrogens is 420 g/mol. The summed E-state index contributed by atoms with van der Waals surface area (Å²) in [6, 6.07) is 16.5. The molecule has 0 atom stereocenters. The number of ketones is 2. The van der Waals surface area contributed by atoms with Crippen LogP contribution in [0.3, 0.4) is 0 Å². The van der Waals surface area contributed by atoms with Gasteiger partial charge in [-0.05, 0) is 91.0 Å². The largest absolute Gasteiger partial charge is 0.296 e. The van der Waals surface area contributed by atoms with E-state index in [1.807, 2.05) is 12.1 Å². The monoisotopic (exact) mass is 452 g/mol. The van der Waals surface area contributed by atoms with Crippen molar-refractivity contribution >= 4 is 22.3 Å². The van der Waals surface area contributed by atoms with Crippen molar-refractivity contribution in [1.82, 2.24) is 9.80 Å². The highest BCUT2D eigenvalue weighted by molar-refractivity contribution is 6.21. The Morgan fingerprint density at radius 1 is 0.618 bits per heavy atom. The third-order valence-electron chi connectivity index (χ3n) is 7.89. The van der Waals surface area contributed by atoms with Gasteiger partial charge in [-0.1, -0.05) is 55.3 Å². The minimum Gasteiger partial charge on any atom is -0.296 e. The highest BCUT2D eigenvalue weighted by Gasteiger charge is 2.26. The molecule has 4 nitrogen and oxygen atoms in total. The molecule has 0 aromatic heterocycles. The third kappa shape index (κ3) is 3.89. The Bertz CT molecular complexity index is 1270. The van der Waals surface area contributed by atoms with Gasteiger partial charge in [-0.3, -0.25) is 19.4 Å². The number of carbonyl (C=O) groups is 2. The van der Waals surface area contributed by atoms with E-state index >= 15 is 0 Å². The summed E-state index contributed by atoms with van der Waals surface area (Å²) in [4.78, 5) is 30.9. The second kappa shape index (κ2) is 9.09. The van der Waals surface area contributed by atoms with E-state index in [0.717, 1.165) is 64.8 Å². The molecule has 3 aromatic carbocycles. The van der Waals surface area contributed by atoms with E-state index in [-0.39, 0.29) is 11.6 Å². The fraction of sp³-hybridized carbons (Fsp3) is 0.400. The second-order valence-corrected chi connectivity index (χ2v) is 10.2. The first-order valence-corrected chi connectivity index (χ1v) is 12.9. The van der Waals surface area contributed by atoms with Crippen molar-refractivity contribution in [2.24, 2.45) is 0 Å². The summed E-state index contributed by atoms with van der Waals surface area (Å²) in [7, 11) is 0. The molecule has 0 saturated carbocycles. The van der Waals surface area contributed by atoms with E-state index in [1.165, 1.54) is 44.1 Å². The quantitative estimate of drug-likeness (QED) is 0.346. The minimum absolute atomic E-state index is 0.199. The molecule has 1 aliphatic carbocycles. The standard InChI is InChI=1S/C30H32N2O2/c33-28(19-31-14-3-1-4-15-31)21-10-11-22-24-8-7-9-25-23(12-13-26(30(24)25)27(22)18-21)29(34)20-32-16-5-2-6-17-32/h7-13,18H,1-6,14-17,19-20H2. The topological polar surface area (TPSA) is 40.6 Å². The lowest BCUT2D eigenvalue weighted by atomic mass is 9.95. The Hall–Kier alpha value is -2.82. The van der Waals surface area contributed by atoms with Crippen LogP contribution in [-0.4, -0.2) is 60.6 Å². The molecule has 2 fully saturated rings. The van der Waals surface area contributed by atoms with Crippen molar-refractivity contribution in [1.29, 1.82) is 0 Å². The van der Waals surface area contributed by atoms with Crippen LogP contribution in [0.2, 0.25) is 0 Å². The maximum absolute atomic E-state index is 13.3. The average Bonchev–Trinajstić information content (AvgIpc) is 3.20. The lowest BCUT2D eigenvalue weighted by molar-refractivity contribution is 0.0909. The zero-order valence-corrected chi connectivity index (χ0v) is 19.8. The summed E-state index contributed by atoms with van der Waals surface area (Å²) >= 11 is 0. The molecule has 0 unspecified atom stereocenters.